The van der Waals surface area contributed by atoms with E-state index >= 15 is 0 Å². The van der Waals surface area contributed by atoms with Crippen LogP contribution in [0.25, 0.3) is 11.3 Å². The lowest BCUT2D eigenvalue weighted by Crippen LogP contribution is -2.26. The summed E-state index contributed by atoms with van der Waals surface area (Å²) in [5.74, 6) is -0.498. The average molecular weight is 414 g/mol. The highest BCUT2D eigenvalue weighted by molar-refractivity contribution is 5.93. The van der Waals surface area contributed by atoms with E-state index in [0.29, 0.717) is 4.52 Å². The quantitative estimate of drug-likeness (QED) is 0.513. The summed E-state index contributed by atoms with van der Waals surface area (Å²) in [6.07, 6.45) is -1.12. The molecule has 0 atom stereocenters. The van der Waals surface area contributed by atoms with Crippen molar-refractivity contribution in [3.8, 4) is 5.69 Å². The van der Waals surface area contributed by atoms with Crippen LogP contribution in [0.3, 0.4) is 0 Å². The fraction of sp³-hybridized carbons (Fsp3) is 0.200. The molecule has 3 aromatic heterocycles. The van der Waals surface area contributed by atoms with Gasteiger partial charge in [0, 0.05) is 37.7 Å². The van der Waals surface area contributed by atoms with Crippen molar-refractivity contribution < 1.29 is 18.0 Å². The third kappa shape index (κ3) is 3.76. The van der Waals surface area contributed by atoms with Gasteiger partial charge in [-0.05, 0) is 36.8 Å². The van der Waals surface area contributed by atoms with Gasteiger partial charge in [0.15, 0.2) is 11.3 Å². The van der Waals surface area contributed by atoms with E-state index in [1.807, 2.05) is 36.5 Å². The summed E-state index contributed by atoms with van der Waals surface area (Å²) in [6, 6.07) is 11.4. The van der Waals surface area contributed by atoms with Gasteiger partial charge in [-0.15, -0.1) is 0 Å². The van der Waals surface area contributed by atoms with Gasteiger partial charge in [0.05, 0.1) is 5.69 Å². The largest absolute Gasteiger partial charge is 0.433 e. The standard InChI is InChI=1S/C20H17F3N6O/c1-13-10-17(20(21,22)23)29-18(25-13)11-16(26-29)19(30)27(2)12-14-4-6-15(7-5-14)28-9-3-8-24-28/h3-11H,12H2,1-2H3. The first kappa shape index (κ1) is 19.6. The minimum Gasteiger partial charge on any atom is -0.336 e. The van der Waals surface area contributed by atoms with Crippen LogP contribution >= 0.6 is 0 Å². The van der Waals surface area contributed by atoms with Gasteiger partial charge in [0.2, 0.25) is 0 Å². The Morgan fingerprint density at radius 1 is 1.17 bits per heavy atom. The smallest absolute Gasteiger partial charge is 0.336 e. The number of fused-ring (bicyclic) bond motifs is 1. The summed E-state index contributed by atoms with van der Waals surface area (Å²) in [4.78, 5) is 18.2. The van der Waals surface area contributed by atoms with Crippen molar-refractivity contribution in [2.24, 2.45) is 0 Å². The average Bonchev–Trinajstić information content (AvgIpc) is 3.36. The number of benzene rings is 1. The highest BCUT2D eigenvalue weighted by Crippen LogP contribution is 2.30. The molecular weight excluding hydrogens is 397 g/mol. The van der Waals surface area contributed by atoms with Crippen LogP contribution in [-0.4, -0.2) is 42.2 Å². The summed E-state index contributed by atoms with van der Waals surface area (Å²) < 4.78 is 42.3. The zero-order chi connectivity index (χ0) is 21.5. The first-order chi connectivity index (χ1) is 14.2. The molecule has 1 amide bonds. The fourth-order valence-corrected chi connectivity index (χ4v) is 3.12. The van der Waals surface area contributed by atoms with Gasteiger partial charge in [-0.3, -0.25) is 4.79 Å². The second-order valence-corrected chi connectivity index (χ2v) is 6.86. The number of halogens is 3. The number of amides is 1. The van der Waals surface area contributed by atoms with Crippen LogP contribution in [0.5, 0.6) is 0 Å². The summed E-state index contributed by atoms with van der Waals surface area (Å²) in [5.41, 5.74) is 0.826. The molecule has 0 saturated carbocycles. The van der Waals surface area contributed by atoms with E-state index in [2.05, 4.69) is 15.2 Å². The summed E-state index contributed by atoms with van der Waals surface area (Å²) >= 11 is 0. The van der Waals surface area contributed by atoms with E-state index in [9.17, 15) is 18.0 Å². The van der Waals surface area contributed by atoms with Gasteiger partial charge < -0.3 is 4.90 Å². The normalized spacial score (nSPS) is 11.8. The number of rotatable bonds is 4. The summed E-state index contributed by atoms with van der Waals surface area (Å²) in [5, 5.41) is 8.01. The van der Waals surface area contributed by atoms with Crippen molar-refractivity contribution in [2.45, 2.75) is 19.6 Å². The summed E-state index contributed by atoms with van der Waals surface area (Å²) in [6.45, 7) is 1.73. The van der Waals surface area contributed by atoms with Crippen molar-refractivity contribution in [1.29, 1.82) is 0 Å². The van der Waals surface area contributed by atoms with Crippen molar-refractivity contribution in [1.82, 2.24) is 29.3 Å². The molecule has 0 bridgehead atoms. The highest BCUT2D eigenvalue weighted by Gasteiger charge is 2.35. The van der Waals surface area contributed by atoms with Gasteiger partial charge in [0.1, 0.15) is 5.69 Å². The number of hydrogen-bond acceptors (Lipinski definition) is 4. The Morgan fingerprint density at radius 3 is 2.53 bits per heavy atom. The molecule has 1 aromatic carbocycles. The Kier molecular flexibility index (Phi) is 4.76. The molecule has 0 radical (unpaired) electrons. The van der Waals surface area contributed by atoms with Gasteiger partial charge in [-0.1, -0.05) is 12.1 Å². The maximum atomic E-state index is 13.3. The zero-order valence-electron chi connectivity index (χ0n) is 16.1. The van der Waals surface area contributed by atoms with Crippen molar-refractivity contribution >= 4 is 11.6 Å². The molecule has 0 spiro atoms. The molecular formula is C20H17F3N6O. The van der Waals surface area contributed by atoms with Crippen LogP contribution in [-0.2, 0) is 12.7 Å². The number of carbonyl (C=O) groups is 1. The van der Waals surface area contributed by atoms with Crippen LogP contribution in [0.4, 0.5) is 13.2 Å². The lowest BCUT2D eigenvalue weighted by Gasteiger charge is -2.16. The van der Waals surface area contributed by atoms with Gasteiger partial charge in [0.25, 0.3) is 5.91 Å². The number of hydrogen-bond donors (Lipinski definition) is 0. The van der Waals surface area contributed by atoms with Crippen LogP contribution in [0.1, 0.15) is 27.4 Å². The van der Waals surface area contributed by atoms with Gasteiger partial charge in [-0.25, -0.2) is 14.2 Å². The van der Waals surface area contributed by atoms with E-state index < -0.39 is 17.8 Å². The molecule has 4 aromatic rings. The van der Waals surface area contributed by atoms with E-state index in [0.717, 1.165) is 17.3 Å². The lowest BCUT2D eigenvalue weighted by atomic mass is 10.2. The molecule has 154 valence electrons. The van der Waals surface area contributed by atoms with Crippen LogP contribution in [0, 0.1) is 6.92 Å². The van der Waals surface area contributed by atoms with E-state index in [1.54, 1.807) is 17.9 Å². The molecule has 4 rings (SSSR count). The Bertz CT molecular complexity index is 1200. The molecule has 3 heterocycles. The molecule has 0 saturated heterocycles. The lowest BCUT2D eigenvalue weighted by molar-refractivity contribution is -0.142. The van der Waals surface area contributed by atoms with Crippen LogP contribution in [0.2, 0.25) is 0 Å². The molecule has 7 nitrogen and oxygen atoms in total. The first-order valence-electron chi connectivity index (χ1n) is 9.01. The Balaban J connectivity index is 1.56. The Morgan fingerprint density at radius 2 is 1.90 bits per heavy atom. The molecule has 10 heteroatoms. The van der Waals surface area contributed by atoms with E-state index in [1.165, 1.54) is 17.9 Å². The number of alkyl halides is 3. The van der Waals surface area contributed by atoms with Crippen molar-refractivity contribution in [3.63, 3.8) is 0 Å². The molecule has 0 aliphatic heterocycles. The molecule has 30 heavy (non-hydrogen) atoms. The first-order valence-corrected chi connectivity index (χ1v) is 9.01. The fourth-order valence-electron chi connectivity index (χ4n) is 3.12. The highest BCUT2D eigenvalue weighted by atomic mass is 19.4. The van der Waals surface area contributed by atoms with Crippen molar-refractivity contribution in [2.75, 3.05) is 7.05 Å². The van der Waals surface area contributed by atoms with Crippen LogP contribution < -0.4 is 0 Å². The number of nitrogens with zero attached hydrogens (tertiary/aromatic N) is 6. The van der Waals surface area contributed by atoms with Crippen molar-refractivity contribution in [3.05, 3.63) is 77.5 Å². The predicted octanol–water partition coefficient (Wildman–Crippen LogP) is 3.51. The maximum Gasteiger partial charge on any atom is 0.433 e. The van der Waals surface area contributed by atoms with E-state index in [4.69, 9.17) is 0 Å². The van der Waals surface area contributed by atoms with Gasteiger partial charge in [-0.2, -0.15) is 23.4 Å². The Labute approximate surface area is 169 Å². The third-order valence-corrected chi connectivity index (χ3v) is 4.54. The zero-order valence-corrected chi connectivity index (χ0v) is 16.1. The van der Waals surface area contributed by atoms with E-state index in [-0.39, 0.29) is 23.6 Å². The number of aryl methyl sites for hydroxylation is 1. The second-order valence-electron chi connectivity index (χ2n) is 6.86. The minimum absolute atomic E-state index is 0.0253. The maximum absolute atomic E-state index is 13.3. The number of carbonyl (C=O) groups excluding carboxylic acids is 1. The monoisotopic (exact) mass is 414 g/mol. The minimum atomic E-state index is -4.61. The van der Waals surface area contributed by atoms with Gasteiger partial charge >= 0.3 is 6.18 Å². The second kappa shape index (κ2) is 7.29. The SMILES string of the molecule is Cc1cc(C(F)(F)F)n2nc(C(=O)N(C)Cc3ccc(-n4cccn4)cc3)cc2n1. The predicted molar refractivity (Wildman–Crippen MR) is 102 cm³/mol. The molecule has 0 aliphatic rings. The molecule has 0 aliphatic carbocycles. The third-order valence-electron chi connectivity index (χ3n) is 4.54. The molecule has 0 unspecified atom stereocenters. The number of aromatic nitrogens is 5. The summed E-state index contributed by atoms with van der Waals surface area (Å²) in [7, 11) is 1.57. The van der Waals surface area contributed by atoms with Crippen LogP contribution in [0.15, 0.2) is 54.9 Å². The topological polar surface area (TPSA) is 68.3 Å². The molecule has 0 N–H and O–H groups in total. The molecule has 0 fully saturated rings. The Hall–Kier alpha value is -3.69.